The molecule has 3 aliphatic heterocycles. The van der Waals surface area contributed by atoms with Crippen LogP contribution in [0, 0.1) is 0 Å². The van der Waals surface area contributed by atoms with E-state index >= 15 is 0 Å². The van der Waals surface area contributed by atoms with Gasteiger partial charge in [0.25, 0.3) is 11.8 Å². The average Bonchev–Trinajstić information content (AvgIpc) is 3.33. The summed E-state index contributed by atoms with van der Waals surface area (Å²) in [6, 6.07) is 5.20. The van der Waals surface area contributed by atoms with Crippen LogP contribution in [0.4, 0.5) is 18.9 Å². The number of aliphatic imine (C=N–C) groups is 1. The van der Waals surface area contributed by atoms with Crippen LogP contribution in [0.15, 0.2) is 46.7 Å². The first-order chi connectivity index (χ1) is 25.1. The highest BCUT2D eigenvalue weighted by atomic mass is 35.5. The van der Waals surface area contributed by atoms with Gasteiger partial charge >= 0.3 is 6.18 Å². The minimum Gasteiger partial charge on any atom is -0.511 e. The fraction of sp³-hybridized carbons (Fsp3) is 0.400. The summed E-state index contributed by atoms with van der Waals surface area (Å²) in [6.45, 7) is 3.11. The maximum absolute atomic E-state index is 13.4. The molecule has 6 rings (SSSR count). The Morgan fingerprint density at radius 2 is 1.72 bits per heavy atom. The van der Waals surface area contributed by atoms with Gasteiger partial charge in [-0.15, -0.1) is 0 Å². The summed E-state index contributed by atoms with van der Waals surface area (Å²) in [5.41, 5.74) is -0.932. The molecule has 4 aliphatic rings. The number of piperidine rings is 1. The van der Waals surface area contributed by atoms with Crippen molar-refractivity contribution < 1.29 is 47.0 Å². The summed E-state index contributed by atoms with van der Waals surface area (Å²) >= 11 is 12.2. The number of amides is 5. The molecule has 0 spiro atoms. The Bertz CT molecular complexity index is 1960. The van der Waals surface area contributed by atoms with Crippen molar-refractivity contribution in [1.29, 1.82) is 0 Å². The molecule has 13 nitrogen and oxygen atoms in total. The lowest BCUT2D eigenvalue weighted by molar-refractivity contribution is -0.138. The SMILES string of the molecule is O=C1CCC(N2C(=O)c3cccc(NC(=O)CN4CCN(CCN=CC5=C(O)CC(c6c(Cl)ccc(C(F)(F)F)c6Cl)CC5=O)CC4)c3C2=O)C(=O)N1. The maximum atomic E-state index is 13.4. The smallest absolute Gasteiger partial charge is 0.417 e. The number of carbonyl (C=O) groups excluding carboxylic acids is 6. The molecule has 280 valence electrons. The van der Waals surface area contributed by atoms with E-state index in [0.717, 1.165) is 17.0 Å². The number of halogens is 5. The monoisotopic (exact) mass is 776 g/mol. The van der Waals surface area contributed by atoms with Crippen molar-refractivity contribution in [2.24, 2.45) is 4.99 Å². The van der Waals surface area contributed by atoms with E-state index in [4.69, 9.17) is 23.2 Å². The standard InChI is InChI=1S/C35H33Cl2F3N6O7/c36-22-5-4-21(35(38,39)40)31(37)29(22)18-14-25(47)20(26(48)15-18)16-41-8-9-44-10-12-45(13-11-44)17-28(50)42-23-3-1-2-19-30(23)34(53)46(33(19)52)24-6-7-27(49)43-32(24)51/h1-5,16,18,24,47H,6-15,17H2,(H,42,50)(H,43,49,51). The number of rotatable bonds is 9. The second-order valence-corrected chi connectivity index (χ2v) is 13.9. The van der Waals surface area contributed by atoms with Gasteiger partial charge in [-0.1, -0.05) is 29.3 Å². The molecular weight excluding hydrogens is 744 g/mol. The van der Waals surface area contributed by atoms with Crippen LogP contribution in [0.1, 0.15) is 63.4 Å². The van der Waals surface area contributed by atoms with E-state index in [-0.39, 0.29) is 71.0 Å². The average molecular weight is 778 g/mol. The van der Waals surface area contributed by atoms with Crippen LogP contribution in [0.25, 0.3) is 0 Å². The number of aliphatic hydroxyl groups excluding tert-OH is 1. The molecule has 5 amide bonds. The molecule has 2 fully saturated rings. The Balaban J connectivity index is 0.976. The summed E-state index contributed by atoms with van der Waals surface area (Å²) in [4.78, 5) is 85.4. The molecule has 3 N–H and O–H groups in total. The first-order valence-corrected chi connectivity index (χ1v) is 17.5. The van der Waals surface area contributed by atoms with Crippen molar-refractivity contribution in [2.75, 3.05) is 51.1 Å². The van der Waals surface area contributed by atoms with Crippen molar-refractivity contribution in [1.82, 2.24) is 20.0 Å². The number of aliphatic hydroxyl groups is 1. The Hall–Kier alpha value is -4.64. The molecule has 2 unspecified atom stereocenters. The second kappa shape index (κ2) is 15.4. The van der Waals surface area contributed by atoms with Crippen LogP contribution < -0.4 is 10.6 Å². The summed E-state index contributed by atoms with van der Waals surface area (Å²) in [6.07, 6.45) is -3.78. The molecule has 2 aromatic carbocycles. The highest BCUT2D eigenvalue weighted by Crippen LogP contribution is 2.45. The largest absolute Gasteiger partial charge is 0.511 e. The van der Waals surface area contributed by atoms with Gasteiger partial charge in [-0.2, -0.15) is 13.2 Å². The zero-order chi connectivity index (χ0) is 38.2. The Labute approximate surface area is 310 Å². The number of piperazine rings is 1. The van der Waals surface area contributed by atoms with Crippen LogP contribution in [0.2, 0.25) is 10.0 Å². The number of alkyl halides is 3. The number of anilines is 1. The minimum absolute atomic E-state index is 0.00994. The summed E-state index contributed by atoms with van der Waals surface area (Å²) in [7, 11) is 0. The van der Waals surface area contributed by atoms with Crippen molar-refractivity contribution >= 4 is 70.4 Å². The normalized spacial score (nSPS) is 21.8. The number of nitrogens with one attached hydrogen (secondary N) is 2. The van der Waals surface area contributed by atoms with Crippen LogP contribution in [-0.4, -0.2) is 113 Å². The first kappa shape index (κ1) is 38.1. The Morgan fingerprint density at radius 1 is 1.00 bits per heavy atom. The van der Waals surface area contributed by atoms with E-state index in [1.54, 1.807) is 0 Å². The highest BCUT2D eigenvalue weighted by Gasteiger charge is 2.46. The van der Waals surface area contributed by atoms with Gasteiger partial charge < -0.3 is 10.4 Å². The Morgan fingerprint density at radius 3 is 2.40 bits per heavy atom. The number of allylic oxidation sites excluding steroid dienone is 2. The number of ketones is 1. The van der Waals surface area contributed by atoms with E-state index in [0.29, 0.717) is 39.3 Å². The molecule has 2 saturated heterocycles. The van der Waals surface area contributed by atoms with E-state index in [2.05, 4.69) is 20.5 Å². The van der Waals surface area contributed by atoms with Crippen molar-refractivity contribution in [3.8, 4) is 0 Å². The number of hydrogen-bond acceptors (Lipinski definition) is 10. The van der Waals surface area contributed by atoms with Gasteiger partial charge in [-0.05, 0) is 36.2 Å². The van der Waals surface area contributed by atoms with Gasteiger partial charge in [0.1, 0.15) is 11.8 Å². The first-order valence-electron chi connectivity index (χ1n) is 16.7. The lowest BCUT2D eigenvalue weighted by Crippen LogP contribution is -2.54. The predicted molar refractivity (Wildman–Crippen MR) is 186 cm³/mol. The number of carbonyl (C=O) groups is 6. The number of imide groups is 2. The highest BCUT2D eigenvalue weighted by molar-refractivity contribution is 6.36. The fourth-order valence-electron chi connectivity index (χ4n) is 6.96. The van der Waals surface area contributed by atoms with Gasteiger partial charge in [0.05, 0.1) is 46.1 Å². The summed E-state index contributed by atoms with van der Waals surface area (Å²) in [5.74, 6) is -4.65. The van der Waals surface area contributed by atoms with Gasteiger partial charge in [0.15, 0.2) is 5.78 Å². The van der Waals surface area contributed by atoms with E-state index in [1.165, 1.54) is 24.4 Å². The van der Waals surface area contributed by atoms with Gasteiger partial charge in [0.2, 0.25) is 17.7 Å². The minimum atomic E-state index is -4.71. The molecule has 0 saturated carbocycles. The quantitative estimate of drug-likeness (QED) is 0.252. The number of hydrogen-bond donors (Lipinski definition) is 3. The van der Waals surface area contributed by atoms with E-state index in [1.807, 2.05) is 4.90 Å². The summed E-state index contributed by atoms with van der Waals surface area (Å²) < 4.78 is 40.2. The van der Waals surface area contributed by atoms with Crippen molar-refractivity contribution in [2.45, 2.75) is 43.8 Å². The third-order valence-corrected chi connectivity index (χ3v) is 10.4. The molecule has 3 heterocycles. The van der Waals surface area contributed by atoms with Gasteiger partial charge in [-0.3, -0.25) is 53.8 Å². The predicted octanol–water partition coefficient (Wildman–Crippen LogP) is 4.00. The number of nitrogens with zero attached hydrogens (tertiary/aromatic N) is 4. The molecule has 0 bridgehead atoms. The molecular formula is C35H33Cl2F3N6O7. The van der Waals surface area contributed by atoms with Crippen molar-refractivity contribution in [3.05, 3.63) is 74.0 Å². The lowest BCUT2D eigenvalue weighted by atomic mass is 9.82. The topological polar surface area (TPSA) is 169 Å². The number of fused-ring (bicyclic) bond motifs is 1. The second-order valence-electron chi connectivity index (χ2n) is 13.1. The third-order valence-electron chi connectivity index (χ3n) is 9.66. The molecule has 2 atom stereocenters. The van der Waals surface area contributed by atoms with E-state index in [9.17, 15) is 47.0 Å². The zero-order valence-electron chi connectivity index (χ0n) is 28.0. The van der Waals surface area contributed by atoms with E-state index < -0.39 is 64.0 Å². The zero-order valence-corrected chi connectivity index (χ0v) is 29.5. The van der Waals surface area contributed by atoms with Crippen molar-refractivity contribution in [3.63, 3.8) is 0 Å². The van der Waals surface area contributed by atoms with Crippen LogP contribution in [0.3, 0.4) is 0 Å². The lowest BCUT2D eigenvalue weighted by Gasteiger charge is -2.34. The fourth-order valence-corrected chi connectivity index (χ4v) is 7.75. The van der Waals surface area contributed by atoms with Crippen LogP contribution >= 0.6 is 23.2 Å². The van der Waals surface area contributed by atoms with Crippen LogP contribution in [0.5, 0.6) is 0 Å². The molecule has 1 aliphatic carbocycles. The molecule has 18 heteroatoms. The molecule has 53 heavy (non-hydrogen) atoms. The summed E-state index contributed by atoms with van der Waals surface area (Å²) in [5, 5.41) is 14.9. The number of Topliss-reactive ketones (excluding diaryl/α,β-unsaturated/α-hetero) is 1. The maximum Gasteiger partial charge on any atom is 0.417 e. The van der Waals surface area contributed by atoms with Crippen LogP contribution in [-0.2, 0) is 25.4 Å². The van der Waals surface area contributed by atoms with Gasteiger partial charge in [-0.25, -0.2) is 0 Å². The Kier molecular flexibility index (Phi) is 11.1. The molecule has 0 radical (unpaired) electrons. The molecule has 2 aromatic rings. The number of benzene rings is 2. The van der Waals surface area contributed by atoms with Gasteiger partial charge in [0, 0.05) is 69.1 Å². The molecule has 0 aromatic heterocycles. The third kappa shape index (κ3) is 8.00.